The summed E-state index contributed by atoms with van der Waals surface area (Å²) in [5, 5.41) is 0. The molecule has 1 aliphatic rings. The Morgan fingerprint density at radius 2 is 1.94 bits per heavy atom. The quantitative estimate of drug-likeness (QED) is 0.794. The van der Waals surface area contributed by atoms with Crippen LogP contribution in [0.4, 0.5) is 0 Å². The number of ketones is 1. The highest BCUT2D eigenvalue weighted by atomic mass is 16.1. The fourth-order valence-electron chi connectivity index (χ4n) is 3.10. The Bertz CT molecular complexity index is 399. The van der Waals surface area contributed by atoms with Crippen LogP contribution in [-0.4, -0.2) is 31.3 Å². The largest absolute Gasteiger partial charge is 0.309 e. The van der Waals surface area contributed by atoms with Gasteiger partial charge in [0.1, 0.15) is 5.78 Å². The second-order valence-corrected chi connectivity index (χ2v) is 5.63. The van der Waals surface area contributed by atoms with Crippen molar-refractivity contribution in [1.82, 2.24) is 4.90 Å². The van der Waals surface area contributed by atoms with Crippen LogP contribution in [0.3, 0.4) is 0 Å². The van der Waals surface area contributed by atoms with Crippen LogP contribution in [0.1, 0.15) is 37.7 Å². The highest BCUT2D eigenvalue weighted by Crippen LogP contribution is 2.41. The molecule has 0 heterocycles. The average Bonchev–Trinajstić information content (AvgIpc) is 2.73. The van der Waals surface area contributed by atoms with Crippen LogP contribution in [-0.2, 0) is 10.2 Å². The first kappa shape index (κ1) is 13.3. The molecule has 1 aromatic rings. The summed E-state index contributed by atoms with van der Waals surface area (Å²) in [5.41, 5.74) is 1.04. The minimum Gasteiger partial charge on any atom is -0.309 e. The second kappa shape index (κ2) is 5.66. The molecule has 0 unspecified atom stereocenters. The van der Waals surface area contributed by atoms with Crippen LogP contribution in [0.5, 0.6) is 0 Å². The van der Waals surface area contributed by atoms with E-state index in [9.17, 15) is 4.79 Å². The van der Waals surface area contributed by atoms with Crippen LogP contribution >= 0.6 is 0 Å². The minimum absolute atomic E-state index is 0.183. The third-order valence-corrected chi connectivity index (χ3v) is 4.08. The van der Waals surface area contributed by atoms with E-state index in [0.717, 1.165) is 38.6 Å². The van der Waals surface area contributed by atoms with Gasteiger partial charge in [0.2, 0.25) is 0 Å². The van der Waals surface area contributed by atoms with E-state index in [2.05, 4.69) is 43.3 Å². The summed E-state index contributed by atoms with van der Waals surface area (Å²) in [5.74, 6) is 0.451. The number of benzene rings is 1. The maximum atomic E-state index is 12.4. The number of carbonyl (C=O) groups excluding carboxylic acids is 1. The van der Waals surface area contributed by atoms with Crippen LogP contribution in [0.25, 0.3) is 0 Å². The molecule has 1 aromatic carbocycles. The van der Waals surface area contributed by atoms with Gasteiger partial charge in [0, 0.05) is 6.42 Å². The summed E-state index contributed by atoms with van der Waals surface area (Å²) < 4.78 is 0. The molecule has 0 spiro atoms. The molecule has 2 rings (SSSR count). The SMILES string of the molecule is CN(C)CCC[C@@]1(c2ccccc2)CCCC1=O. The van der Waals surface area contributed by atoms with Crippen molar-refractivity contribution in [2.24, 2.45) is 0 Å². The van der Waals surface area contributed by atoms with Gasteiger partial charge in [0.05, 0.1) is 5.41 Å². The molecule has 1 atom stereocenters. The van der Waals surface area contributed by atoms with Gasteiger partial charge < -0.3 is 4.90 Å². The molecular weight excluding hydrogens is 222 g/mol. The van der Waals surface area contributed by atoms with E-state index in [1.54, 1.807) is 0 Å². The van der Waals surface area contributed by atoms with Gasteiger partial charge in [-0.25, -0.2) is 0 Å². The number of carbonyl (C=O) groups is 1. The van der Waals surface area contributed by atoms with Crippen molar-refractivity contribution in [2.45, 2.75) is 37.5 Å². The van der Waals surface area contributed by atoms with Crippen molar-refractivity contribution in [3.8, 4) is 0 Å². The second-order valence-electron chi connectivity index (χ2n) is 5.63. The van der Waals surface area contributed by atoms with Gasteiger partial charge in [0.25, 0.3) is 0 Å². The molecule has 0 amide bonds. The van der Waals surface area contributed by atoms with E-state index in [4.69, 9.17) is 0 Å². The summed E-state index contributed by atoms with van der Waals surface area (Å²) in [4.78, 5) is 14.6. The normalized spacial score (nSPS) is 23.8. The maximum Gasteiger partial charge on any atom is 0.143 e. The monoisotopic (exact) mass is 245 g/mol. The molecule has 0 N–H and O–H groups in total. The third-order valence-electron chi connectivity index (χ3n) is 4.08. The summed E-state index contributed by atoms with van der Waals surface area (Å²) in [6.07, 6.45) is 4.93. The molecule has 0 radical (unpaired) electrons. The van der Waals surface area contributed by atoms with Crippen LogP contribution in [0.15, 0.2) is 30.3 Å². The molecule has 0 aliphatic heterocycles. The van der Waals surface area contributed by atoms with Gasteiger partial charge in [0.15, 0.2) is 0 Å². The first-order chi connectivity index (χ1) is 8.65. The lowest BCUT2D eigenvalue weighted by Crippen LogP contribution is -2.32. The number of nitrogens with zero attached hydrogens (tertiary/aromatic N) is 1. The molecule has 2 nitrogen and oxygen atoms in total. The first-order valence-electron chi connectivity index (χ1n) is 6.89. The summed E-state index contributed by atoms with van der Waals surface area (Å²) in [6.45, 7) is 1.06. The van der Waals surface area contributed by atoms with Gasteiger partial charge in [-0.15, -0.1) is 0 Å². The maximum absolute atomic E-state index is 12.4. The molecule has 1 saturated carbocycles. The van der Waals surface area contributed by atoms with E-state index < -0.39 is 0 Å². The van der Waals surface area contributed by atoms with E-state index in [1.165, 1.54) is 5.56 Å². The molecule has 0 aromatic heterocycles. The Labute approximate surface area is 110 Å². The predicted octanol–water partition coefficient (Wildman–Crippen LogP) is 3.02. The van der Waals surface area contributed by atoms with Crippen molar-refractivity contribution in [1.29, 1.82) is 0 Å². The van der Waals surface area contributed by atoms with Crippen molar-refractivity contribution in [3.63, 3.8) is 0 Å². The zero-order chi connectivity index (χ0) is 13.0. The van der Waals surface area contributed by atoms with Gasteiger partial charge >= 0.3 is 0 Å². The fraction of sp³-hybridized carbons (Fsp3) is 0.562. The zero-order valence-corrected chi connectivity index (χ0v) is 11.5. The van der Waals surface area contributed by atoms with Gasteiger partial charge in [-0.2, -0.15) is 0 Å². The van der Waals surface area contributed by atoms with Crippen LogP contribution in [0, 0.1) is 0 Å². The summed E-state index contributed by atoms with van der Waals surface area (Å²) in [7, 11) is 4.18. The van der Waals surface area contributed by atoms with E-state index in [1.807, 2.05) is 6.07 Å². The fourth-order valence-corrected chi connectivity index (χ4v) is 3.10. The van der Waals surface area contributed by atoms with Crippen molar-refractivity contribution >= 4 is 5.78 Å². The lowest BCUT2D eigenvalue weighted by Gasteiger charge is -2.28. The molecule has 2 heteroatoms. The Kier molecular flexibility index (Phi) is 4.18. The lowest BCUT2D eigenvalue weighted by molar-refractivity contribution is -0.122. The number of hydrogen-bond acceptors (Lipinski definition) is 2. The number of rotatable bonds is 5. The van der Waals surface area contributed by atoms with E-state index in [-0.39, 0.29) is 5.41 Å². The molecule has 1 fully saturated rings. The molecule has 0 saturated heterocycles. The molecular formula is C16H23NO. The molecule has 0 bridgehead atoms. The smallest absolute Gasteiger partial charge is 0.143 e. The zero-order valence-electron chi connectivity index (χ0n) is 11.5. The highest BCUT2D eigenvalue weighted by molar-refractivity contribution is 5.92. The Morgan fingerprint density at radius 1 is 1.22 bits per heavy atom. The Morgan fingerprint density at radius 3 is 2.50 bits per heavy atom. The molecule has 18 heavy (non-hydrogen) atoms. The number of Topliss-reactive ketones (excluding diaryl/α,β-unsaturated/α-hetero) is 1. The van der Waals surface area contributed by atoms with Gasteiger partial charge in [-0.1, -0.05) is 30.3 Å². The van der Waals surface area contributed by atoms with E-state index in [0.29, 0.717) is 5.78 Å². The van der Waals surface area contributed by atoms with Crippen LogP contribution in [0.2, 0.25) is 0 Å². The van der Waals surface area contributed by atoms with Crippen molar-refractivity contribution in [2.75, 3.05) is 20.6 Å². The third kappa shape index (κ3) is 2.64. The topological polar surface area (TPSA) is 20.3 Å². The minimum atomic E-state index is -0.183. The first-order valence-corrected chi connectivity index (χ1v) is 6.89. The van der Waals surface area contributed by atoms with Gasteiger partial charge in [-0.05, 0) is 51.9 Å². The van der Waals surface area contributed by atoms with E-state index >= 15 is 0 Å². The standard InChI is InChI=1S/C16H23NO/c1-17(2)13-7-12-16(11-6-10-15(16)18)14-8-4-3-5-9-14/h3-5,8-9H,6-7,10-13H2,1-2H3/t16-/m1/s1. The molecule has 98 valence electrons. The highest BCUT2D eigenvalue weighted by Gasteiger charge is 2.42. The summed E-state index contributed by atoms with van der Waals surface area (Å²) in [6, 6.07) is 10.4. The average molecular weight is 245 g/mol. The van der Waals surface area contributed by atoms with Gasteiger partial charge in [-0.3, -0.25) is 4.79 Å². The summed E-state index contributed by atoms with van der Waals surface area (Å²) >= 11 is 0. The Hall–Kier alpha value is -1.15. The van der Waals surface area contributed by atoms with Crippen LogP contribution < -0.4 is 0 Å². The predicted molar refractivity (Wildman–Crippen MR) is 74.8 cm³/mol. The van der Waals surface area contributed by atoms with Crippen molar-refractivity contribution < 1.29 is 4.79 Å². The number of hydrogen-bond donors (Lipinski definition) is 0. The molecule has 1 aliphatic carbocycles. The lowest BCUT2D eigenvalue weighted by atomic mass is 9.74. The van der Waals surface area contributed by atoms with Crippen molar-refractivity contribution in [3.05, 3.63) is 35.9 Å². The Balaban J connectivity index is 2.17.